The van der Waals surface area contributed by atoms with Crippen LogP contribution in [0, 0.1) is 5.82 Å². The Morgan fingerprint density at radius 2 is 1.78 bits per heavy atom. The summed E-state index contributed by atoms with van der Waals surface area (Å²) < 4.78 is 13.4. The van der Waals surface area contributed by atoms with Crippen LogP contribution in [0.3, 0.4) is 0 Å². The van der Waals surface area contributed by atoms with Gasteiger partial charge in [-0.05, 0) is 23.8 Å². The number of rotatable bonds is 3. The van der Waals surface area contributed by atoms with E-state index >= 15 is 0 Å². The van der Waals surface area contributed by atoms with E-state index in [4.69, 9.17) is 11.6 Å². The molecule has 0 bridgehead atoms. The zero-order valence-electron chi connectivity index (χ0n) is 9.49. The monoisotopic (exact) mass is 263 g/mol. The molecule has 2 aromatic carbocycles. The molecule has 0 aliphatic carbocycles. The van der Waals surface area contributed by atoms with Gasteiger partial charge < -0.3 is 5.32 Å². The van der Waals surface area contributed by atoms with Crippen molar-refractivity contribution in [1.29, 1.82) is 0 Å². The average Bonchev–Trinajstić information content (AvgIpc) is 2.39. The van der Waals surface area contributed by atoms with Crippen LogP contribution >= 0.6 is 11.6 Å². The molecular weight excluding hydrogens is 253 g/mol. The first-order valence-corrected chi connectivity index (χ1v) is 5.95. The minimum atomic E-state index is -0.543. The van der Waals surface area contributed by atoms with Gasteiger partial charge in [-0.2, -0.15) is 0 Å². The number of nitrogens with one attached hydrogen (secondary N) is 1. The molecule has 0 aromatic heterocycles. The van der Waals surface area contributed by atoms with E-state index in [2.05, 4.69) is 5.32 Å². The largest absolute Gasteiger partial charge is 0.322 e. The van der Waals surface area contributed by atoms with E-state index in [-0.39, 0.29) is 11.4 Å². The van der Waals surface area contributed by atoms with Gasteiger partial charge in [-0.3, -0.25) is 4.79 Å². The lowest BCUT2D eigenvalue weighted by Crippen LogP contribution is -2.14. The van der Waals surface area contributed by atoms with Gasteiger partial charge >= 0.3 is 0 Å². The molecule has 0 saturated heterocycles. The van der Waals surface area contributed by atoms with Gasteiger partial charge in [-0.15, -0.1) is 11.6 Å². The third kappa shape index (κ3) is 2.68. The minimum Gasteiger partial charge on any atom is -0.322 e. The summed E-state index contributed by atoms with van der Waals surface area (Å²) in [4.78, 5) is 11.9. The van der Waals surface area contributed by atoms with Gasteiger partial charge in [0.15, 0.2) is 0 Å². The van der Waals surface area contributed by atoms with E-state index in [1.54, 1.807) is 24.3 Å². The molecular formula is C14H11ClFNO. The molecule has 0 unspecified atom stereocenters. The summed E-state index contributed by atoms with van der Waals surface area (Å²) in [6.45, 7) is 0. The fourth-order valence-corrected chi connectivity index (χ4v) is 1.83. The van der Waals surface area contributed by atoms with Crippen LogP contribution in [0.4, 0.5) is 10.1 Å². The van der Waals surface area contributed by atoms with Gasteiger partial charge in [0.25, 0.3) is 5.91 Å². The number of carbonyl (C=O) groups excluding carboxylic acids is 1. The Labute approximate surface area is 109 Å². The Balaban J connectivity index is 2.24. The number of halogens is 2. The van der Waals surface area contributed by atoms with Crippen LogP contribution in [0.25, 0.3) is 0 Å². The van der Waals surface area contributed by atoms with Gasteiger partial charge in [0.1, 0.15) is 5.82 Å². The Bertz CT molecular complexity index is 571. The summed E-state index contributed by atoms with van der Waals surface area (Å²) in [6.07, 6.45) is 0. The first kappa shape index (κ1) is 12.6. The SMILES string of the molecule is O=C(Nc1ccccc1CCl)c1ccccc1F. The van der Waals surface area contributed by atoms with E-state index in [1.807, 2.05) is 12.1 Å². The molecule has 0 radical (unpaired) electrons. The van der Waals surface area contributed by atoms with Crippen LogP contribution in [-0.2, 0) is 5.88 Å². The normalized spacial score (nSPS) is 10.1. The molecule has 0 heterocycles. The highest BCUT2D eigenvalue weighted by molar-refractivity contribution is 6.17. The minimum absolute atomic E-state index is 0.0156. The molecule has 2 aromatic rings. The van der Waals surface area contributed by atoms with Gasteiger partial charge in [0, 0.05) is 11.6 Å². The Morgan fingerprint density at radius 3 is 2.50 bits per heavy atom. The molecule has 2 rings (SSSR count). The number of anilines is 1. The molecule has 0 aliphatic heterocycles. The summed E-state index contributed by atoms with van der Waals surface area (Å²) in [5.41, 5.74) is 1.41. The fourth-order valence-electron chi connectivity index (χ4n) is 1.59. The molecule has 0 spiro atoms. The third-order valence-electron chi connectivity index (χ3n) is 2.53. The average molecular weight is 264 g/mol. The molecule has 18 heavy (non-hydrogen) atoms. The number of benzene rings is 2. The van der Waals surface area contributed by atoms with Crippen LogP contribution < -0.4 is 5.32 Å². The van der Waals surface area contributed by atoms with Crippen molar-refractivity contribution in [1.82, 2.24) is 0 Å². The predicted molar refractivity (Wildman–Crippen MR) is 70.4 cm³/mol. The van der Waals surface area contributed by atoms with Crippen molar-refractivity contribution in [3.8, 4) is 0 Å². The summed E-state index contributed by atoms with van der Waals surface area (Å²) in [6, 6.07) is 13.0. The molecule has 0 fully saturated rings. The maximum absolute atomic E-state index is 13.4. The van der Waals surface area contributed by atoms with E-state index < -0.39 is 11.7 Å². The lowest BCUT2D eigenvalue weighted by atomic mass is 10.1. The van der Waals surface area contributed by atoms with Crippen molar-refractivity contribution in [3.05, 3.63) is 65.5 Å². The van der Waals surface area contributed by atoms with Crippen molar-refractivity contribution < 1.29 is 9.18 Å². The van der Waals surface area contributed by atoms with Gasteiger partial charge in [-0.25, -0.2) is 4.39 Å². The van der Waals surface area contributed by atoms with Crippen molar-refractivity contribution in [3.63, 3.8) is 0 Å². The number of amides is 1. The number of alkyl halides is 1. The zero-order valence-corrected chi connectivity index (χ0v) is 10.2. The predicted octanol–water partition coefficient (Wildman–Crippen LogP) is 3.82. The molecule has 2 nitrogen and oxygen atoms in total. The maximum Gasteiger partial charge on any atom is 0.258 e. The second-order valence-corrected chi connectivity index (χ2v) is 3.99. The molecule has 1 N–H and O–H groups in total. The van der Waals surface area contributed by atoms with Crippen LogP contribution in [0.5, 0.6) is 0 Å². The fraction of sp³-hybridized carbons (Fsp3) is 0.0714. The second kappa shape index (κ2) is 5.65. The number of hydrogen-bond donors (Lipinski definition) is 1. The maximum atomic E-state index is 13.4. The van der Waals surface area contributed by atoms with Crippen molar-refractivity contribution >= 4 is 23.2 Å². The second-order valence-electron chi connectivity index (χ2n) is 3.72. The smallest absolute Gasteiger partial charge is 0.258 e. The topological polar surface area (TPSA) is 29.1 Å². The summed E-state index contributed by atoms with van der Waals surface area (Å²) in [5, 5.41) is 2.66. The zero-order chi connectivity index (χ0) is 13.0. The molecule has 0 saturated carbocycles. The molecule has 4 heteroatoms. The Kier molecular flexibility index (Phi) is 3.95. The lowest BCUT2D eigenvalue weighted by molar-refractivity contribution is 0.102. The van der Waals surface area contributed by atoms with E-state index in [1.165, 1.54) is 12.1 Å². The molecule has 0 atom stereocenters. The van der Waals surface area contributed by atoms with Crippen LogP contribution in [0.15, 0.2) is 48.5 Å². The highest BCUT2D eigenvalue weighted by Gasteiger charge is 2.12. The highest BCUT2D eigenvalue weighted by atomic mass is 35.5. The van der Waals surface area contributed by atoms with Crippen molar-refractivity contribution in [2.45, 2.75) is 5.88 Å². The van der Waals surface area contributed by atoms with Gasteiger partial charge in [0.05, 0.1) is 5.56 Å². The van der Waals surface area contributed by atoms with Crippen molar-refractivity contribution in [2.24, 2.45) is 0 Å². The number of hydrogen-bond acceptors (Lipinski definition) is 1. The quantitative estimate of drug-likeness (QED) is 0.838. The van der Waals surface area contributed by atoms with Crippen molar-refractivity contribution in [2.75, 3.05) is 5.32 Å². The van der Waals surface area contributed by atoms with Gasteiger partial charge in [0.2, 0.25) is 0 Å². The van der Waals surface area contributed by atoms with Gasteiger partial charge in [-0.1, -0.05) is 30.3 Å². The molecule has 1 amide bonds. The summed E-state index contributed by atoms with van der Waals surface area (Å²) >= 11 is 5.77. The van der Waals surface area contributed by atoms with Crippen LogP contribution in [0.2, 0.25) is 0 Å². The molecule has 0 aliphatic rings. The van der Waals surface area contributed by atoms with Crippen LogP contribution in [0.1, 0.15) is 15.9 Å². The lowest BCUT2D eigenvalue weighted by Gasteiger charge is -2.09. The van der Waals surface area contributed by atoms with E-state index in [0.717, 1.165) is 5.56 Å². The summed E-state index contributed by atoms with van der Waals surface area (Å²) in [5.74, 6) is -0.739. The first-order valence-electron chi connectivity index (χ1n) is 5.42. The summed E-state index contributed by atoms with van der Waals surface area (Å²) in [7, 11) is 0. The van der Waals surface area contributed by atoms with E-state index in [9.17, 15) is 9.18 Å². The Hall–Kier alpha value is -1.87. The number of carbonyl (C=O) groups is 1. The Morgan fingerprint density at radius 1 is 1.11 bits per heavy atom. The number of para-hydroxylation sites is 1. The van der Waals surface area contributed by atoms with Crippen LogP contribution in [-0.4, -0.2) is 5.91 Å². The first-order chi connectivity index (χ1) is 8.72. The third-order valence-corrected chi connectivity index (χ3v) is 2.82. The standard InChI is InChI=1S/C14H11ClFNO/c15-9-10-5-1-4-8-13(10)17-14(18)11-6-2-3-7-12(11)16/h1-8H,9H2,(H,17,18). The highest BCUT2D eigenvalue weighted by Crippen LogP contribution is 2.18. The van der Waals surface area contributed by atoms with E-state index in [0.29, 0.717) is 5.69 Å². The molecule has 92 valence electrons.